The third kappa shape index (κ3) is 10.5. The second kappa shape index (κ2) is 14.6. The maximum absolute atomic E-state index is 11.2. The molecule has 0 fully saturated rings. The molecule has 0 amide bonds. The quantitative estimate of drug-likeness (QED) is 0.256. The van der Waals surface area contributed by atoms with Crippen LogP contribution in [-0.2, 0) is 16.5 Å². The number of fused-ring (bicyclic) bond motifs is 1. The molecule has 2 aromatic rings. The first-order valence-corrected chi connectivity index (χ1v) is 12.4. The largest absolute Gasteiger partial charge is 1.00 e. The topological polar surface area (TPSA) is 83.1 Å². The first-order valence-electron chi connectivity index (χ1n) is 11.0. The molecule has 2 N–H and O–H groups in total. The van der Waals surface area contributed by atoms with Gasteiger partial charge in [0.1, 0.15) is 5.82 Å². The molecule has 0 spiro atoms. The van der Waals surface area contributed by atoms with Crippen LogP contribution in [0.15, 0.2) is 23.1 Å². The van der Waals surface area contributed by atoms with Crippen LogP contribution in [0, 0.1) is 0 Å². The summed E-state index contributed by atoms with van der Waals surface area (Å²) in [7, 11) is -4.17. The van der Waals surface area contributed by atoms with Crippen LogP contribution in [0.25, 0.3) is 11.0 Å². The van der Waals surface area contributed by atoms with Gasteiger partial charge in [-0.3, -0.25) is 4.55 Å². The molecule has 0 saturated heterocycles. The Balaban J connectivity index is 0.00000420. The van der Waals surface area contributed by atoms with E-state index in [4.69, 9.17) is 4.55 Å². The fourth-order valence-corrected chi connectivity index (χ4v) is 4.14. The zero-order valence-corrected chi connectivity index (χ0v) is 21.1. The summed E-state index contributed by atoms with van der Waals surface area (Å²) in [5.41, 5.74) is 1.39. The molecule has 0 aliphatic carbocycles. The molecule has 5 nitrogen and oxygen atoms in total. The Bertz CT molecular complexity index is 812. The number of benzene rings is 1. The van der Waals surface area contributed by atoms with Crippen LogP contribution < -0.4 is 29.6 Å². The molecule has 1 aromatic heterocycles. The Labute approximate surface area is 200 Å². The normalized spacial score (nSPS) is 11.7. The standard InChI is InChI=1S/C22H36N2O3S.Na.H/c1-2-3-4-5-6-7-8-9-10-11-12-13-14-15-22-23-20-17-16-19(28(25,26)27)18-21(20)24-22;;/h16-18H,2-15H2,1H3,(H,23,24)(H,25,26,27);;/q;+1;-1. The molecule has 0 aliphatic heterocycles. The van der Waals surface area contributed by atoms with Gasteiger partial charge in [0.05, 0.1) is 15.9 Å². The van der Waals surface area contributed by atoms with E-state index in [1.165, 1.54) is 89.2 Å². The summed E-state index contributed by atoms with van der Waals surface area (Å²) in [6.07, 6.45) is 18.2. The number of aromatic amines is 1. The van der Waals surface area contributed by atoms with Gasteiger partial charge in [0, 0.05) is 6.42 Å². The van der Waals surface area contributed by atoms with Crippen molar-refractivity contribution in [1.29, 1.82) is 0 Å². The van der Waals surface area contributed by atoms with Gasteiger partial charge >= 0.3 is 29.6 Å². The number of aromatic nitrogens is 2. The summed E-state index contributed by atoms with van der Waals surface area (Å²) >= 11 is 0. The number of aryl methyl sites for hydroxylation is 1. The fraction of sp³-hybridized carbons (Fsp3) is 0.682. The van der Waals surface area contributed by atoms with Crippen molar-refractivity contribution < 1.29 is 44.0 Å². The van der Waals surface area contributed by atoms with Gasteiger partial charge in [-0.2, -0.15) is 8.42 Å². The second-order valence-electron chi connectivity index (χ2n) is 7.83. The molecule has 0 saturated carbocycles. The number of H-pyrrole nitrogens is 1. The smallest absolute Gasteiger partial charge is 1.00 e. The van der Waals surface area contributed by atoms with E-state index in [9.17, 15) is 8.42 Å². The Morgan fingerprint density at radius 1 is 0.897 bits per heavy atom. The zero-order valence-electron chi connectivity index (χ0n) is 19.3. The van der Waals surface area contributed by atoms with Crippen molar-refractivity contribution in [2.45, 2.75) is 102 Å². The van der Waals surface area contributed by atoms with Gasteiger partial charge in [0.15, 0.2) is 0 Å². The van der Waals surface area contributed by atoms with E-state index in [-0.39, 0.29) is 35.9 Å². The molecule has 7 heteroatoms. The maximum atomic E-state index is 11.2. The summed E-state index contributed by atoms with van der Waals surface area (Å²) < 4.78 is 31.6. The van der Waals surface area contributed by atoms with Crippen LogP contribution in [-0.4, -0.2) is 22.9 Å². The van der Waals surface area contributed by atoms with Crippen LogP contribution >= 0.6 is 0 Å². The Kier molecular flexibility index (Phi) is 13.4. The molecule has 1 heterocycles. The van der Waals surface area contributed by atoms with Crippen molar-refractivity contribution in [1.82, 2.24) is 9.97 Å². The minimum absolute atomic E-state index is 0. The SMILES string of the molecule is CCCCCCCCCCCCCCCc1nc2ccc(S(=O)(=O)O)cc2[nH]1.[H-].[Na+]. The van der Waals surface area contributed by atoms with Gasteiger partial charge in [0.2, 0.25) is 0 Å². The van der Waals surface area contributed by atoms with E-state index in [1.807, 2.05) is 0 Å². The summed E-state index contributed by atoms with van der Waals surface area (Å²) in [4.78, 5) is 7.56. The number of hydrogen-bond donors (Lipinski definition) is 2. The van der Waals surface area contributed by atoms with Crippen LogP contribution in [0.2, 0.25) is 0 Å². The number of unbranched alkanes of at least 4 members (excludes halogenated alkanes) is 12. The van der Waals surface area contributed by atoms with Crippen LogP contribution in [0.4, 0.5) is 0 Å². The average molecular weight is 433 g/mol. The second-order valence-corrected chi connectivity index (χ2v) is 9.25. The van der Waals surface area contributed by atoms with Crippen LogP contribution in [0.1, 0.15) is 97.6 Å². The van der Waals surface area contributed by atoms with Crippen molar-refractivity contribution in [3.05, 3.63) is 24.0 Å². The predicted molar refractivity (Wildman–Crippen MR) is 116 cm³/mol. The van der Waals surface area contributed by atoms with Crippen molar-refractivity contribution >= 4 is 21.2 Å². The van der Waals surface area contributed by atoms with Crippen molar-refractivity contribution in [2.75, 3.05) is 0 Å². The van der Waals surface area contributed by atoms with E-state index in [2.05, 4.69) is 16.9 Å². The molecule has 2 rings (SSSR count). The zero-order chi connectivity index (χ0) is 20.2. The van der Waals surface area contributed by atoms with Gasteiger partial charge in [0.25, 0.3) is 10.1 Å². The van der Waals surface area contributed by atoms with Crippen molar-refractivity contribution in [3.8, 4) is 0 Å². The van der Waals surface area contributed by atoms with Crippen LogP contribution in [0.5, 0.6) is 0 Å². The van der Waals surface area contributed by atoms with Crippen LogP contribution in [0.3, 0.4) is 0 Å². The summed E-state index contributed by atoms with van der Waals surface area (Å²) in [6, 6.07) is 4.45. The predicted octanol–water partition coefficient (Wildman–Crippen LogP) is 3.56. The molecular formula is C22H37N2NaO3S. The molecule has 0 unspecified atom stereocenters. The average Bonchev–Trinajstić information content (AvgIpc) is 3.06. The van der Waals surface area contributed by atoms with Gasteiger partial charge in [-0.25, -0.2) is 4.98 Å². The first-order chi connectivity index (χ1) is 13.5. The molecule has 0 bridgehead atoms. The molecule has 0 aliphatic rings. The molecule has 1 aromatic carbocycles. The number of nitrogens with one attached hydrogen (secondary N) is 1. The van der Waals surface area contributed by atoms with E-state index in [0.29, 0.717) is 5.52 Å². The van der Waals surface area contributed by atoms with E-state index < -0.39 is 10.1 Å². The van der Waals surface area contributed by atoms with E-state index >= 15 is 0 Å². The number of nitrogens with zero attached hydrogens (tertiary/aromatic N) is 1. The van der Waals surface area contributed by atoms with Gasteiger partial charge in [-0.15, -0.1) is 0 Å². The number of hydrogen-bond acceptors (Lipinski definition) is 3. The van der Waals surface area contributed by atoms with Crippen molar-refractivity contribution in [3.63, 3.8) is 0 Å². The molecule has 0 atom stereocenters. The minimum atomic E-state index is -4.17. The van der Waals surface area contributed by atoms with E-state index in [0.717, 1.165) is 24.2 Å². The maximum Gasteiger partial charge on any atom is 1.00 e. The third-order valence-electron chi connectivity index (χ3n) is 5.32. The Morgan fingerprint density at radius 3 is 1.93 bits per heavy atom. The molecule has 29 heavy (non-hydrogen) atoms. The molecular weight excluding hydrogens is 395 g/mol. The van der Waals surface area contributed by atoms with E-state index in [1.54, 1.807) is 6.07 Å². The number of imidazole rings is 1. The Morgan fingerprint density at radius 2 is 1.41 bits per heavy atom. The molecule has 160 valence electrons. The minimum Gasteiger partial charge on any atom is -1.00 e. The fourth-order valence-electron chi connectivity index (χ4n) is 3.63. The summed E-state index contributed by atoms with van der Waals surface area (Å²) in [5.74, 6) is 0.880. The Hall–Kier alpha value is -0.400. The van der Waals surface area contributed by atoms with Crippen molar-refractivity contribution in [2.24, 2.45) is 0 Å². The molecule has 0 radical (unpaired) electrons. The van der Waals surface area contributed by atoms with Gasteiger partial charge in [-0.05, 0) is 24.6 Å². The van der Waals surface area contributed by atoms with Gasteiger partial charge in [-0.1, -0.05) is 84.0 Å². The third-order valence-corrected chi connectivity index (χ3v) is 6.17. The summed E-state index contributed by atoms with van der Waals surface area (Å²) in [6.45, 7) is 2.26. The first kappa shape index (κ1) is 26.6. The number of rotatable bonds is 15. The summed E-state index contributed by atoms with van der Waals surface area (Å²) in [5, 5.41) is 0. The van der Waals surface area contributed by atoms with Gasteiger partial charge < -0.3 is 6.41 Å². The monoisotopic (exact) mass is 432 g/mol.